The molecule has 4 atom stereocenters. The summed E-state index contributed by atoms with van der Waals surface area (Å²) < 4.78 is 21.7. The fraction of sp³-hybridized carbons (Fsp3) is 0.524. The number of hydrogen-bond acceptors (Lipinski definition) is 4. The number of nitrogens with one attached hydrogen (secondary N) is 1. The Kier molecular flexibility index (Phi) is 5.72. The monoisotopic (exact) mass is 420 g/mol. The number of anilines is 2. The van der Waals surface area contributed by atoms with Crippen molar-refractivity contribution in [3.05, 3.63) is 36.4 Å². The second-order valence-electron chi connectivity index (χ2n) is 8.40. The van der Waals surface area contributed by atoms with E-state index in [1.165, 1.54) is 6.92 Å². The summed E-state index contributed by atoms with van der Waals surface area (Å²) in [6, 6.07) is 5.26. The van der Waals surface area contributed by atoms with Crippen molar-refractivity contribution in [3.8, 4) is 0 Å². The highest BCUT2D eigenvalue weighted by molar-refractivity contribution is 6.72. The molecule has 3 rings (SSSR count). The zero-order valence-electron chi connectivity index (χ0n) is 17.4. The van der Waals surface area contributed by atoms with Crippen LogP contribution in [0.3, 0.4) is 0 Å². The third kappa shape index (κ3) is 3.43. The lowest BCUT2D eigenvalue weighted by atomic mass is 9.82. The van der Waals surface area contributed by atoms with Gasteiger partial charge < -0.3 is 24.2 Å². The summed E-state index contributed by atoms with van der Waals surface area (Å²) in [4.78, 5) is 26.8. The summed E-state index contributed by atoms with van der Waals surface area (Å²) in [5.41, 5.74) is 0.0794. The fourth-order valence-corrected chi connectivity index (χ4v) is 7.58. The molecule has 8 heteroatoms. The van der Waals surface area contributed by atoms with E-state index in [1.54, 1.807) is 42.3 Å². The summed E-state index contributed by atoms with van der Waals surface area (Å²) >= 11 is 0. The first kappa shape index (κ1) is 21.7. The number of aliphatic hydroxyl groups is 1. The first-order valence-corrected chi connectivity index (χ1v) is 12.9. The molecule has 0 radical (unpaired) electrons. The highest BCUT2D eigenvalue weighted by Gasteiger charge is 2.66. The molecule has 29 heavy (non-hydrogen) atoms. The number of halogens is 1. The number of nitrogens with zero attached hydrogens (tertiary/aromatic N) is 1. The molecule has 1 spiro atoms. The van der Waals surface area contributed by atoms with Crippen LogP contribution in [0.4, 0.5) is 15.5 Å². The van der Waals surface area contributed by atoms with Gasteiger partial charge in [-0.15, -0.1) is 6.58 Å². The summed E-state index contributed by atoms with van der Waals surface area (Å²) in [6.07, 6.45) is 1.36. The first-order chi connectivity index (χ1) is 13.6. The largest absolute Gasteiger partial charge is 0.396 e. The van der Waals surface area contributed by atoms with Crippen molar-refractivity contribution in [1.29, 1.82) is 0 Å². The number of benzene rings is 1. The van der Waals surface area contributed by atoms with E-state index in [0.717, 1.165) is 0 Å². The molecule has 1 saturated heterocycles. The minimum absolute atomic E-state index is 0.141. The Bertz CT molecular complexity index is 840. The number of carbonyl (C=O) groups excluding carboxylic acids is 2. The lowest BCUT2D eigenvalue weighted by Crippen LogP contribution is -2.45. The van der Waals surface area contributed by atoms with E-state index in [-0.39, 0.29) is 24.8 Å². The second kappa shape index (κ2) is 7.66. The highest BCUT2D eigenvalue weighted by atomic mass is 28.4. The molecule has 0 aliphatic carbocycles. The van der Waals surface area contributed by atoms with Gasteiger partial charge in [0, 0.05) is 42.8 Å². The minimum atomic E-state index is -3.21. The van der Waals surface area contributed by atoms with Crippen molar-refractivity contribution >= 4 is 31.6 Å². The Morgan fingerprint density at radius 1 is 1.48 bits per heavy atom. The topological polar surface area (TPSA) is 78.9 Å². The Balaban J connectivity index is 2.19. The van der Waals surface area contributed by atoms with Gasteiger partial charge in [0.05, 0.1) is 11.8 Å². The second-order valence-corrected chi connectivity index (χ2v) is 12.2. The lowest BCUT2D eigenvalue weighted by molar-refractivity contribution is -0.146. The third-order valence-electron chi connectivity index (χ3n) is 6.01. The van der Waals surface area contributed by atoms with Crippen molar-refractivity contribution < 1.29 is 23.5 Å². The van der Waals surface area contributed by atoms with Gasteiger partial charge in [-0.2, -0.15) is 0 Å². The maximum Gasteiger partial charge on any atom is 0.264 e. The van der Waals surface area contributed by atoms with Crippen LogP contribution in [-0.4, -0.2) is 44.6 Å². The van der Waals surface area contributed by atoms with E-state index in [4.69, 9.17) is 4.74 Å². The maximum atomic E-state index is 15.3. The maximum absolute atomic E-state index is 15.3. The highest BCUT2D eigenvalue weighted by Crippen LogP contribution is 2.60. The van der Waals surface area contributed by atoms with Crippen LogP contribution in [0.2, 0.25) is 18.6 Å². The first-order valence-electron chi connectivity index (χ1n) is 9.90. The van der Waals surface area contributed by atoms with Crippen LogP contribution in [0.1, 0.15) is 25.8 Å². The molecule has 0 aromatic heterocycles. The van der Waals surface area contributed by atoms with Crippen molar-refractivity contribution in [3.63, 3.8) is 0 Å². The van der Waals surface area contributed by atoms with Crippen LogP contribution in [-0.2, 0) is 19.9 Å². The molecule has 2 amide bonds. The van der Waals surface area contributed by atoms with Crippen LogP contribution >= 0.6 is 0 Å². The average molecular weight is 421 g/mol. The summed E-state index contributed by atoms with van der Waals surface area (Å²) in [7, 11) is -3.21. The van der Waals surface area contributed by atoms with Gasteiger partial charge in [0.2, 0.25) is 14.3 Å². The smallest absolute Gasteiger partial charge is 0.264 e. The number of aliphatic hydroxyl groups excluding tert-OH is 1. The van der Waals surface area contributed by atoms with Gasteiger partial charge >= 0.3 is 0 Å². The lowest BCUT2D eigenvalue weighted by Gasteiger charge is -2.31. The molecule has 0 unspecified atom stereocenters. The van der Waals surface area contributed by atoms with Crippen molar-refractivity contribution in [1.82, 2.24) is 0 Å². The third-order valence-corrected chi connectivity index (χ3v) is 8.46. The number of rotatable bonds is 6. The number of ether oxygens (including phenoxy) is 1. The number of amides is 2. The molecule has 0 bridgehead atoms. The van der Waals surface area contributed by atoms with E-state index >= 15 is 4.11 Å². The van der Waals surface area contributed by atoms with Crippen molar-refractivity contribution in [2.24, 2.45) is 5.92 Å². The van der Waals surface area contributed by atoms with Gasteiger partial charge in [0.15, 0.2) is 5.60 Å². The SMILES string of the molecule is C=CCN1C(=O)[C@@]2(O[C@@H](CCO)[C@H]([Si](C)(C)F)[C@H]2C)c2cc(NC(C)=O)ccc21. The van der Waals surface area contributed by atoms with Crippen LogP contribution in [0.15, 0.2) is 30.9 Å². The Labute approximate surface area is 171 Å². The normalized spacial score (nSPS) is 28.7. The van der Waals surface area contributed by atoms with E-state index < -0.39 is 31.6 Å². The van der Waals surface area contributed by atoms with E-state index in [1.807, 2.05) is 6.92 Å². The molecular weight excluding hydrogens is 391 g/mol. The summed E-state index contributed by atoms with van der Waals surface area (Å²) in [5.74, 6) is -0.886. The van der Waals surface area contributed by atoms with E-state index in [9.17, 15) is 14.7 Å². The van der Waals surface area contributed by atoms with Gasteiger partial charge in [-0.05, 0) is 37.7 Å². The predicted octanol–water partition coefficient (Wildman–Crippen LogP) is 3.34. The van der Waals surface area contributed by atoms with Gasteiger partial charge in [-0.25, -0.2) is 0 Å². The van der Waals surface area contributed by atoms with Crippen LogP contribution < -0.4 is 10.2 Å². The number of carbonyl (C=O) groups is 2. The molecule has 6 nitrogen and oxygen atoms in total. The van der Waals surface area contributed by atoms with Crippen LogP contribution in [0, 0.1) is 5.92 Å². The quantitative estimate of drug-likeness (QED) is 0.420. The van der Waals surface area contributed by atoms with E-state index in [0.29, 0.717) is 23.5 Å². The molecule has 2 N–H and O–H groups in total. The molecule has 0 saturated carbocycles. The standard InChI is InChI=1S/C21H29FN2O4Si/c1-6-10-24-17-8-7-15(23-14(3)26)12-16(17)21(20(24)27)13(2)19(29(4,5)22)18(28-21)9-11-25/h6-8,12-13,18-19,25H,1,9-11H2,2-5H3,(H,23,26)/t13-,18+,19-,21+/m1/s1. The van der Waals surface area contributed by atoms with Crippen molar-refractivity contribution in [2.45, 2.75) is 50.6 Å². The Morgan fingerprint density at radius 2 is 2.17 bits per heavy atom. The molecular formula is C21H29FN2O4Si. The Morgan fingerprint density at radius 3 is 2.72 bits per heavy atom. The zero-order chi connectivity index (χ0) is 21.6. The molecule has 1 aromatic rings. The van der Waals surface area contributed by atoms with Gasteiger partial charge in [0.1, 0.15) is 0 Å². The summed E-state index contributed by atoms with van der Waals surface area (Å²) in [6.45, 7) is 10.4. The van der Waals surface area contributed by atoms with Crippen LogP contribution in [0.25, 0.3) is 0 Å². The van der Waals surface area contributed by atoms with E-state index in [2.05, 4.69) is 11.9 Å². The zero-order valence-corrected chi connectivity index (χ0v) is 18.4. The van der Waals surface area contributed by atoms with Gasteiger partial charge in [-0.1, -0.05) is 13.0 Å². The molecule has 2 aliphatic rings. The number of fused-ring (bicyclic) bond motifs is 2. The fourth-order valence-electron chi connectivity index (χ4n) is 5.04. The molecule has 1 fully saturated rings. The summed E-state index contributed by atoms with van der Waals surface area (Å²) in [5, 5.41) is 12.3. The molecule has 158 valence electrons. The number of hydrogen-bond donors (Lipinski definition) is 2. The minimum Gasteiger partial charge on any atom is -0.396 e. The van der Waals surface area contributed by atoms with Crippen molar-refractivity contribution in [2.75, 3.05) is 23.4 Å². The molecule has 1 aromatic carbocycles. The molecule has 2 heterocycles. The van der Waals surface area contributed by atoms with Gasteiger partial charge in [0.25, 0.3) is 5.91 Å². The Hall–Kier alpha value is -2.03. The molecule has 2 aliphatic heterocycles. The predicted molar refractivity (Wildman–Crippen MR) is 113 cm³/mol. The average Bonchev–Trinajstić information content (AvgIpc) is 3.03. The van der Waals surface area contributed by atoms with Gasteiger partial charge in [-0.3, -0.25) is 9.59 Å². The van der Waals surface area contributed by atoms with Crippen LogP contribution in [0.5, 0.6) is 0 Å².